The smallest absolute Gasteiger partial charge is 0.251 e. The Kier molecular flexibility index (Phi) is 3.76. The molecule has 0 N–H and O–H groups in total. The van der Waals surface area contributed by atoms with Gasteiger partial charge in [0.15, 0.2) is 15.0 Å². The van der Waals surface area contributed by atoms with Gasteiger partial charge in [-0.1, -0.05) is 17.8 Å². The van der Waals surface area contributed by atoms with E-state index in [2.05, 4.69) is 11.1 Å². The van der Waals surface area contributed by atoms with Crippen LogP contribution >= 0.6 is 11.8 Å². The highest BCUT2D eigenvalue weighted by Crippen LogP contribution is 2.42. The monoisotopic (exact) mass is 364 g/mol. The molecule has 2 saturated heterocycles. The fourth-order valence-electron chi connectivity index (χ4n) is 3.26. The van der Waals surface area contributed by atoms with Gasteiger partial charge in [0.25, 0.3) is 5.91 Å². The molecule has 3 fully saturated rings. The van der Waals surface area contributed by atoms with Gasteiger partial charge in [0.05, 0.1) is 17.5 Å². The van der Waals surface area contributed by atoms with E-state index in [-0.39, 0.29) is 34.6 Å². The first-order valence-electron chi connectivity index (χ1n) is 8.20. The van der Waals surface area contributed by atoms with Gasteiger partial charge in [0.2, 0.25) is 0 Å². The maximum Gasteiger partial charge on any atom is 0.251 e. The normalized spacial score (nSPS) is 29.9. The molecule has 2 heterocycles. The summed E-state index contributed by atoms with van der Waals surface area (Å²) in [5.41, 5.74) is 3.26. The van der Waals surface area contributed by atoms with E-state index >= 15 is 0 Å². The zero-order valence-electron chi connectivity index (χ0n) is 13.7. The predicted molar refractivity (Wildman–Crippen MR) is 97.4 cm³/mol. The lowest BCUT2D eigenvalue weighted by atomic mass is 10.1. The molecule has 0 spiro atoms. The Balaban J connectivity index is 1.74. The van der Waals surface area contributed by atoms with Crippen LogP contribution in [0.2, 0.25) is 0 Å². The second kappa shape index (κ2) is 5.59. The summed E-state index contributed by atoms with van der Waals surface area (Å²) in [4.78, 5) is 18.5. The molecule has 5 nitrogen and oxygen atoms in total. The van der Waals surface area contributed by atoms with Crippen molar-refractivity contribution in [2.45, 2.75) is 38.0 Å². The van der Waals surface area contributed by atoms with Gasteiger partial charge in [-0.25, -0.2) is 8.42 Å². The van der Waals surface area contributed by atoms with E-state index in [1.165, 1.54) is 17.3 Å². The molecule has 0 aromatic heterocycles. The number of thioether (sulfide) groups is 1. The fourth-order valence-corrected chi connectivity index (χ4v) is 7.18. The molecule has 2 atom stereocenters. The third kappa shape index (κ3) is 2.88. The number of sulfone groups is 1. The molecule has 2 aliphatic heterocycles. The minimum absolute atomic E-state index is 0.0395. The summed E-state index contributed by atoms with van der Waals surface area (Å²) in [6.45, 7) is 4.09. The predicted octanol–water partition coefficient (Wildman–Crippen LogP) is 2.31. The lowest BCUT2D eigenvalue weighted by Crippen LogP contribution is -2.37. The molecule has 1 aromatic rings. The highest BCUT2D eigenvalue weighted by atomic mass is 32.2. The van der Waals surface area contributed by atoms with E-state index in [1.54, 1.807) is 0 Å². The van der Waals surface area contributed by atoms with E-state index < -0.39 is 9.84 Å². The van der Waals surface area contributed by atoms with Crippen molar-refractivity contribution in [3.8, 4) is 0 Å². The van der Waals surface area contributed by atoms with Gasteiger partial charge in [-0.3, -0.25) is 4.79 Å². The van der Waals surface area contributed by atoms with Crippen molar-refractivity contribution in [1.82, 2.24) is 0 Å². The van der Waals surface area contributed by atoms with Gasteiger partial charge in [0, 0.05) is 16.9 Å². The molecule has 24 heavy (non-hydrogen) atoms. The molecule has 1 saturated carbocycles. The van der Waals surface area contributed by atoms with E-state index in [0.29, 0.717) is 5.17 Å². The van der Waals surface area contributed by atoms with Crippen molar-refractivity contribution < 1.29 is 13.2 Å². The molecule has 1 aliphatic carbocycles. The van der Waals surface area contributed by atoms with E-state index in [1.807, 2.05) is 30.9 Å². The van der Waals surface area contributed by atoms with Crippen LogP contribution < -0.4 is 4.90 Å². The number of carbonyl (C=O) groups excluding carboxylic acids is 1. The number of hydrogen-bond acceptors (Lipinski definition) is 4. The summed E-state index contributed by atoms with van der Waals surface area (Å²) in [7, 11) is -3.02. The zero-order valence-corrected chi connectivity index (χ0v) is 15.4. The fraction of sp³-hybridized carbons (Fsp3) is 0.529. The van der Waals surface area contributed by atoms with Crippen molar-refractivity contribution in [3.05, 3.63) is 29.3 Å². The molecule has 0 bridgehead atoms. The van der Waals surface area contributed by atoms with Crippen LogP contribution in [0.5, 0.6) is 0 Å². The van der Waals surface area contributed by atoms with E-state index in [4.69, 9.17) is 0 Å². The van der Waals surface area contributed by atoms with Gasteiger partial charge >= 0.3 is 0 Å². The number of nitrogens with zero attached hydrogens (tertiary/aromatic N) is 2. The number of aliphatic imine (C=N–C) groups is 1. The van der Waals surface area contributed by atoms with E-state index in [0.717, 1.165) is 24.1 Å². The van der Waals surface area contributed by atoms with Gasteiger partial charge in [-0.05, 0) is 49.9 Å². The number of benzene rings is 1. The van der Waals surface area contributed by atoms with Crippen LogP contribution in [0.3, 0.4) is 0 Å². The molecule has 0 radical (unpaired) electrons. The molecule has 3 aliphatic rings. The first kappa shape index (κ1) is 16.1. The lowest BCUT2D eigenvalue weighted by Gasteiger charge is -2.25. The van der Waals surface area contributed by atoms with Crippen LogP contribution in [0.1, 0.15) is 24.0 Å². The third-order valence-corrected chi connectivity index (χ3v) is 8.18. The maximum atomic E-state index is 12.2. The zero-order chi connectivity index (χ0) is 17.1. The number of fused-ring (bicyclic) bond motifs is 1. The molecular formula is C17H20N2O3S2. The van der Waals surface area contributed by atoms with Gasteiger partial charge in [-0.2, -0.15) is 4.99 Å². The Morgan fingerprint density at radius 2 is 1.96 bits per heavy atom. The third-order valence-electron chi connectivity index (χ3n) is 4.97. The van der Waals surface area contributed by atoms with Crippen molar-refractivity contribution >= 4 is 38.4 Å². The molecule has 4 rings (SSSR count). The molecular weight excluding hydrogens is 344 g/mol. The molecule has 7 heteroatoms. The standard InChI is InChI=1S/C17H20N2O3S2/c1-10-3-6-13(7-11(10)2)19-14-8-24(21,22)9-15(14)23-17(19)18-16(20)12-4-5-12/h3,6-7,12,14-15H,4-5,8-9H2,1-2H3/t14-,15+/m0/s1. The van der Waals surface area contributed by atoms with Crippen LogP contribution in [0, 0.1) is 19.8 Å². The Morgan fingerprint density at radius 1 is 1.21 bits per heavy atom. The Bertz CT molecular complexity index is 843. The Hall–Kier alpha value is -1.34. The first-order chi connectivity index (χ1) is 11.3. The summed E-state index contributed by atoms with van der Waals surface area (Å²) in [6, 6.07) is 5.95. The first-order valence-corrected chi connectivity index (χ1v) is 10.9. The van der Waals surface area contributed by atoms with Crippen molar-refractivity contribution in [2.75, 3.05) is 16.4 Å². The highest BCUT2D eigenvalue weighted by molar-refractivity contribution is 8.16. The maximum absolute atomic E-state index is 12.2. The van der Waals surface area contributed by atoms with Gasteiger partial charge in [0.1, 0.15) is 0 Å². The SMILES string of the molecule is Cc1ccc(N2C(=NC(=O)C3CC3)S[C@@H]3CS(=O)(=O)C[C@@H]32)cc1C. The molecule has 0 unspecified atom stereocenters. The average Bonchev–Trinajstić information content (AvgIpc) is 3.23. The second-order valence-corrected chi connectivity index (χ2v) is 10.3. The van der Waals surface area contributed by atoms with Crippen molar-refractivity contribution in [3.63, 3.8) is 0 Å². The van der Waals surface area contributed by atoms with Gasteiger partial charge < -0.3 is 4.90 Å². The number of rotatable bonds is 2. The summed E-state index contributed by atoms with van der Waals surface area (Å²) in [6.07, 6.45) is 1.84. The lowest BCUT2D eigenvalue weighted by molar-refractivity contribution is -0.118. The minimum Gasteiger partial charge on any atom is -0.316 e. The Labute approximate surface area is 146 Å². The molecule has 1 aromatic carbocycles. The van der Waals surface area contributed by atoms with Crippen LogP contribution in [-0.2, 0) is 14.6 Å². The van der Waals surface area contributed by atoms with Gasteiger partial charge in [-0.15, -0.1) is 0 Å². The topological polar surface area (TPSA) is 66.8 Å². The van der Waals surface area contributed by atoms with Crippen LogP contribution in [0.4, 0.5) is 5.69 Å². The average molecular weight is 364 g/mol. The number of hydrogen-bond donors (Lipinski definition) is 0. The second-order valence-electron chi connectivity index (χ2n) is 6.95. The Morgan fingerprint density at radius 3 is 2.62 bits per heavy atom. The largest absolute Gasteiger partial charge is 0.316 e. The van der Waals surface area contributed by atoms with Crippen LogP contribution in [0.25, 0.3) is 0 Å². The number of amides is 1. The molecule has 128 valence electrons. The summed E-state index contributed by atoms with van der Waals surface area (Å²) in [5, 5.41) is 0.627. The van der Waals surface area contributed by atoms with Crippen molar-refractivity contribution in [1.29, 1.82) is 0 Å². The van der Waals surface area contributed by atoms with Crippen LogP contribution in [0.15, 0.2) is 23.2 Å². The highest BCUT2D eigenvalue weighted by Gasteiger charge is 2.49. The quantitative estimate of drug-likeness (QED) is 0.806. The van der Waals surface area contributed by atoms with Crippen molar-refractivity contribution in [2.24, 2.45) is 10.9 Å². The number of carbonyl (C=O) groups is 1. The number of aryl methyl sites for hydroxylation is 2. The number of anilines is 1. The summed E-state index contributed by atoms with van der Waals surface area (Å²) >= 11 is 1.45. The summed E-state index contributed by atoms with van der Waals surface area (Å²) in [5.74, 6) is 0.312. The molecule has 1 amide bonds. The minimum atomic E-state index is -3.02. The summed E-state index contributed by atoms with van der Waals surface area (Å²) < 4.78 is 24.1. The van der Waals surface area contributed by atoms with E-state index in [9.17, 15) is 13.2 Å². The van der Waals surface area contributed by atoms with Crippen LogP contribution in [-0.4, -0.2) is 42.3 Å². The number of amidine groups is 1.